The topological polar surface area (TPSA) is 92.9 Å². The number of β-amino-alcohol motifs (C(OH)–C–C–N with tert-alkyl or cyclic N) is 1. The van der Waals surface area contributed by atoms with E-state index >= 15 is 0 Å². The van der Waals surface area contributed by atoms with E-state index in [2.05, 4.69) is 5.16 Å². The molecule has 1 fully saturated rings. The molecule has 27 heavy (non-hydrogen) atoms. The number of hydrogen-bond acceptors (Lipinski definition) is 6. The van der Waals surface area contributed by atoms with Gasteiger partial charge in [0.1, 0.15) is 11.5 Å². The fourth-order valence-electron chi connectivity index (χ4n) is 3.37. The van der Waals surface area contributed by atoms with E-state index in [1.807, 2.05) is 24.3 Å². The van der Waals surface area contributed by atoms with Gasteiger partial charge in [0.15, 0.2) is 5.78 Å². The van der Waals surface area contributed by atoms with Crippen molar-refractivity contribution in [3.8, 4) is 5.75 Å². The van der Waals surface area contributed by atoms with Crippen molar-refractivity contribution in [3.63, 3.8) is 0 Å². The lowest BCUT2D eigenvalue weighted by atomic mass is 10.0. The number of carbonyl (C=O) groups is 2. The number of likely N-dealkylation sites (tertiary alicyclic amines) is 1. The van der Waals surface area contributed by atoms with Gasteiger partial charge in [0.05, 0.1) is 31.4 Å². The Morgan fingerprint density at radius 3 is 2.70 bits per heavy atom. The van der Waals surface area contributed by atoms with Gasteiger partial charge in [0, 0.05) is 25.5 Å². The standard InChI is InChI=1S/C20H24N2O5/c1-13-9-17(27-21-13)11-20(25)22-12-15(23)10-18(22)19(24)8-5-14-3-6-16(26-2)7-4-14/h3-4,6-7,9,15,18,23H,5,8,10-12H2,1-2H3/t15-,18+/m1/s1. The fraction of sp³-hybridized carbons (Fsp3) is 0.450. The summed E-state index contributed by atoms with van der Waals surface area (Å²) in [5, 5.41) is 13.8. The molecule has 1 aliphatic heterocycles. The van der Waals surface area contributed by atoms with Crippen LogP contribution in [0.1, 0.15) is 29.9 Å². The Balaban J connectivity index is 1.60. The number of hydrogen-bond donors (Lipinski definition) is 1. The summed E-state index contributed by atoms with van der Waals surface area (Å²) in [5.74, 6) is 0.960. The van der Waals surface area contributed by atoms with Crippen molar-refractivity contribution in [2.45, 2.75) is 44.8 Å². The third kappa shape index (κ3) is 4.74. The van der Waals surface area contributed by atoms with E-state index in [4.69, 9.17) is 9.26 Å². The monoisotopic (exact) mass is 372 g/mol. The Morgan fingerprint density at radius 1 is 1.33 bits per heavy atom. The molecule has 1 aliphatic rings. The average Bonchev–Trinajstić information content (AvgIpc) is 3.25. The minimum absolute atomic E-state index is 0.0375. The normalized spacial score (nSPS) is 19.3. The SMILES string of the molecule is COc1ccc(CCC(=O)[C@@H]2C[C@@H](O)CN2C(=O)Cc2cc(C)no2)cc1. The van der Waals surface area contributed by atoms with Crippen molar-refractivity contribution in [2.75, 3.05) is 13.7 Å². The fourth-order valence-corrected chi connectivity index (χ4v) is 3.37. The number of aromatic nitrogens is 1. The second-order valence-electron chi connectivity index (χ2n) is 6.88. The zero-order valence-corrected chi connectivity index (χ0v) is 15.6. The van der Waals surface area contributed by atoms with Crippen molar-refractivity contribution in [1.29, 1.82) is 0 Å². The van der Waals surface area contributed by atoms with Gasteiger partial charge in [-0.25, -0.2) is 0 Å². The van der Waals surface area contributed by atoms with Crippen molar-refractivity contribution >= 4 is 11.7 Å². The lowest BCUT2D eigenvalue weighted by Gasteiger charge is -2.23. The maximum Gasteiger partial charge on any atom is 0.231 e. The first-order valence-electron chi connectivity index (χ1n) is 9.01. The predicted octanol–water partition coefficient (Wildman–Crippen LogP) is 1.70. The Morgan fingerprint density at radius 2 is 2.07 bits per heavy atom. The molecule has 0 radical (unpaired) electrons. The number of methoxy groups -OCH3 is 1. The van der Waals surface area contributed by atoms with Crippen LogP contribution in [-0.2, 0) is 22.4 Å². The lowest BCUT2D eigenvalue weighted by molar-refractivity contribution is -0.137. The van der Waals surface area contributed by atoms with Gasteiger partial charge in [-0.3, -0.25) is 9.59 Å². The van der Waals surface area contributed by atoms with Gasteiger partial charge >= 0.3 is 0 Å². The Hall–Kier alpha value is -2.67. The third-order valence-corrected chi connectivity index (χ3v) is 4.79. The van der Waals surface area contributed by atoms with E-state index in [1.54, 1.807) is 20.1 Å². The first-order valence-corrected chi connectivity index (χ1v) is 9.01. The number of aliphatic hydroxyl groups is 1. The number of nitrogens with zero attached hydrogens (tertiary/aromatic N) is 2. The molecule has 2 heterocycles. The van der Waals surface area contributed by atoms with Gasteiger partial charge in [-0.15, -0.1) is 0 Å². The summed E-state index contributed by atoms with van der Waals surface area (Å²) in [7, 11) is 1.61. The average molecular weight is 372 g/mol. The maximum absolute atomic E-state index is 12.7. The van der Waals surface area contributed by atoms with Crippen LogP contribution in [0, 0.1) is 6.92 Å². The van der Waals surface area contributed by atoms with E-state index in [9.17, 15) is 14.7 Å². The Kier molecular flexibility index (Phi) is 5.91. The second kappa shape index (κ2) is 8.35. The van der Waals surface area contributed by atoms with Gasteiger partial charge in [-0.05, 0) is 31.0 Å². The molecular weight excluding hydrogens is 348 g/mol. The molecule has 144 valence electrons. The van der Waals surface area contributed by atoms with Gasteiger partial charge in [0.2, 0.25) is 5.91 Å². The molecule has 0 saturated carbocycles. The van der Waals surface area contributed by atoms with Gasteiger partial charge in [0.25, 0.3) is 0 Å². The third-order valence-electron chi connectivity index (χ3n) is 4.79. The molecule has 1 amide bonds. The molecule has 7 heteroatoms. The summed E-state index contributed by atoms with van der Waals surface area (Å²) in [5.41, 5.74) is 1.73. The molecule has 2 atom stereocenters. The van der Waals surface area contributed by atoms with Crippen LogP contribution in [0.5, 0.6) is 5.75 Å². The van der Waals surface area contributed by atoms with Crippen LogP contribution < -0.4 is 4.74 Å². The number of ether oxygens (including phenoxy) is 1. The number of aliphatic hydroxyl groups excluding tert-OH is 1. The highest BCUT2D eigenvalue weighted by atomic mass is 16.5. The minimum Gasteiger partial charge on any atom is -0.497 e. The van der Waals surface area contributed by atoms with Crippen molar-refractivity contribution in [3.05, 3.63) is 47.3 Å². The summed E-state index contributed by atoms with van der Waals surface area (Å²) in [6.07, 6.45) is 0.534. The summed E-state index contributed by atoms with van der Waals surface area (Å²) >= 11 is 0. The predicted molar refractivity (Wildman–Crippen MR) is 97.4 cm³/mol. The number of benzene rings is 1. The van der Waals surface area contributed by atoms with Crippen molar-refractivity contribution in [2.24, 2.45) is 0 Å². The first kappa shape index (κ1) is 19.1. The summed E-state index contributed by atoms with van der Waals surface area (Å²) in [4.78, 5) is 26.8. The van der Waals surface area contributed by atoms with Crippen molar-refractivity contribution < 1.29 is 24.0 Å². The lowest BCUT2D eigenvalue weighted by Crippen LogP contribution is -2.41. The molecule has 3 rings (SSSR count). The number of Topliss-reactive ketones (excluding diaryl/α,β-unsaturated/α-hetero) is 1. The molecule has 7 nitrogen and oxygen atoms in total. The smallest absolute Gasteiger partial charge is 0.231 e. The van der Waals surface area contributed by atoms with E-state index in [0.29, 0.717) is 24.3 Å². The molecule has 1 aromatic heterocycles. The zero-order chi connectivity index (χ0) is 19.4. The van der Waals surface area contributed by atoms with Gasteiger partial charge < -0.3 is 19.3 Å². The van der Waals surface area contributed by atoms with Crippen LogP contribution in [-0.4, -0.2) is 52.7 Å². The summed E-state index contributed by atoms with van der Waals surface area (Å²) < 4.78 is 10.2. The molecule has 2 aromatic rings. The van der Waals surface area contributed by atoms with E-state index in [0.717, 1.165) is 11.3 Å². The number of rotatable bonds is 7. The molecule has 1 N–H and O–H groups in total. The molecule has 1 saturated heterocycles. The van der Waals surface area contributed by atoms with Crippen LogP contribution >= 0.6 is 0 Å². The van der Waals surface area contributed by atoms with Crippen LogP contribution in [0.3, 0.4) is 0 Å². The Bertz CT molecular complexity index is 799. The Labute approximate surface area is 157 Å². The molecule has 0 spiro atoms. The number of aryl methyl sites for hydroxylation is 2. The van der Waals surface area contributed by atoms with Crippen molar-refractivity contribution in [1.82, 2.24) is 10.1 Å². The van der Waals surface area contributed by atoms with Gasteiger partial charge in [-0.2, -0.15) is 0 Å². The minimum atomic E-state index is -0.680. The first-order chi connectivity index (χ1) is 13.0. The van der Waals surface area contributed by atoms with E-state index in [-0.39, 0.29) is 31.1 Å². The molecule has 0 aliphatic carbocycles. The quantitative estimate of drug-likeness (QED) is 0.795. The second-order valence-corrected chi connectivity index (χ2v) is 6.88. The van der Waals surface area contributed by atoms with Gasteiger partial charge in [-0.1, -0.05) is 17.3 Å². The molecule has 0 unspecified atom stereocenters. The van der Waals surface area contributed by atoms with E-state index < -0.39 is 12.1 Å². The van der Waals surface area contributed by atoms with Crippen LogP contribution in [0.25, 0.3) is 0 Å². The maximum atomic E-state index is 12.7. The highest BCUT2D eigenvalue weighted by molar-refractivity contribution is 5.90. The molecule has 1 aromatic carbocycles. The van der Waals surface area contributed by atoms with Crippen LogP contribution in [0.2, 0.25) is 0 Å². The van der Waals surface area contributed by atoms with Crippen LogP contribution in [0.15, 0.2) is 34.9 Å². The summed E-state index contributed by atoms with van der Waals surface area (Å²) in [6, 6.07) is 8.66. The zero-order valence-electron chi connectivity index (χ0n) is 15.6. The molecule has 0 bridgehead atoms. The highest BCUT2D eigenvalue weighted by Gasteiger charge is 2.38. The number of amides is 1. The highest BCUT2D eigenvalue weighted by Crippen LogP contribution is 2.22. The number of ketones is 1. The van der Waals surface area contributed by atoms with E-state index in [1.165, 1.54) is 4.90 Å². The summed E-state index contributed by atoms with van der Waals surface area (Å²) in [6.45, 7) is 1.95. The van der Waals surface area contributed by atoms with Crippen LogP contribution in [0.4, 0.5) is 0 Å². The largest absolute Gasteiger partial charge is 0.497 e. The number of carbonyl (C=O) groups excluding carboxylic acids is 2. The molecular formula is C20H24N2O5.